The summed E-state index contributed by atoms with van der Waals surface area (Å²) in [6.07, 6.45) is 3.46. The first-order chi connectivity index (χ1) is 8.99. The SMILES string of the molecule is O=C(O)CC1(NC(=O)NC2CNC(=O)C2)CCCC1. The summed E-state index contributed by atoms with van der Waals surface area (Å²) in [6.45, 7) is 0.429. The number of rotatable bonds is 4. The second-order valence-electron chi connectivity index (χ2n) is 5.36. The van der Waals surface area contributed by atoms with E-state index in [2.05, 4.69) is 16.0 Å². The Kier molecular flexibility index (Phi) is 3.92. The van der Waals surface area contributed by atoms with E-state index in [1.165, 1.54) is 0 Å². The number of carbonyl (C=O) groups is 3. The van der Waals surface area contributed by atoms with Crippen molar-refractivity contribution in [2.24, 2.45) is 0 Å². The van der Waals surface area contributed by atoms with Gasteiger partial charge < -0.3 is 21.1 Å². The zero-order valence-corrected chi connectivity index (χ0v) is 10.7. The van der Waals surface area contributed by atoms with Gasteiger partial charge in [-0.15, -0.1) is 0 Å². The van der Waals surface area contributed by atoms with E-state index in [1.807, 2.05) is 0 Å². The molecule has 0 aromatic heterocycles. The third-order valence-electron chi connectivity index (χ3n) is 3.74. The van der Waals surface area contributed by atoms with Crippen molar-refractivity contribution in [2.75, 3.05) is 6.54 Å². The van der Waals surface area contributed by atoms with Gasteiger partial charge in [0.05, 0.1) is 18.0 Å². The lowest BCUT2D eigenvalue weighted by molar-refractivity contribution is -0.138. The van der Waals surface area contributed by atoms with Gasteiger partial charge in [-0.25, -0.2) is 4.79 Å². The molecule has 2 aliphatic rings. The maximum absolute atomic E-state index is 11.9. The molecule has 2 rings (SSSR count). The summed E-state index contributed by atoms with van der Waals surface area (Å²) in [5, 5.41) is 17.1. The maximum Gasteiger partial charge on any atom is 0.315 e. The molecule has 0 aromatic rings. The Hall–Kier alpha value is -1.79. The van der Waals surface area contributed by atoms with Crippen molar-refractivity contribution in [3.05, 3.63) is 0 Å². The van der Waals surface area contributed by atoms with Crippen molar-refractivity contribution >= 4 is 17.9 Å². The third kappa shape index (κ3) is 3.59. The molecule has 1 aliphatic carbocycles. The monoisotopic (exact) mass is 269 g/mol. The zero-order chi connectivity index (χ0) is 13.9. The van der Waals surface area contributed by atoms with Crippen molar-refractivity contribution in [1.29, 1.82) is 0 Å². The average molecular weight is 269 g/mol. The highest BCUT2D eigenvalue weighted by atomic mass is 16.4. The standard InChI is InChI=1S/C12H19N3O4/c16-9-5-8(7-13-9)14-11(19)15-12(6-10(17)18)3-1-2-4-12/h8H,1-7H2,(H,13,16)(H,17,18)(H2,14,15,19). The first-order valence-corrected chi connectivity index (χ1v) is 6.56. The number of nitrogens with one attached hydrogen (secondary N) is 3. The molecule has 0 radical (unpaired) electrons. The topological polar surface area (TPSA) is 108 Å². The number of carboxylic acids is 1. The number of urea groups is 1. The Morgan fingerprint density at radius 3 is 2.58 bits per heavy atom. The van der Waals surface area contributed by atoms with Crippen LogP contribution >= 0.6 is 0 Å². The normalized spacial score (nSPS) is 24.8. The van der Waals surface area contributed by atoms with Crippen LogP contribution in [0.4, 0.5) is 4.79 Å². The van der Waals surface area contributed by atoms with Crippen molar-refractivity contribution in [3.63, 3.8) is 0 Å². The van der Waals surface area contributed by atoms with Crippen LogP contribution in [-0.4, -0.2) is 41.1 Å². The molecule has 0 bridgehead atoms. The molecule has 19 heavy (non-hydrogen) atoms. The van der Waals surface area contributed by atoms with Crippen LogP contribution in [0.2, 0.25) is 0 Å². The molecule has 1 atom stereocenters. The summed E-state index contributed by atoms with van der Waals surface area (Å²) in [6, 6.07) is -0.597. The molecule has 1 aliphatic heterocycles. The van der Waals surface area contributed by atoms with Gasteiger partial charge in [-0.1, -0.05) is 12.8 Å². The number of aliphatic carboxylic acids is 1. The van der Waals surface area contributed by atoms with Gasteiger partial charge in [0.25, 0.3) is 0 Å². The smallest absolute Gasteiger partial charge is 0.315 e. The van der Waals surface area contributed by atoms with Gasteiger partial charge in [-0.2, -0.15) is 0 Å². The molecule has 1 unspecified atom stereocenters. The average Bonchev–Trinajstić information content (AvgIpc) is 2.87. The van der Waals surface area contributed by atoms with Crippen molar-refractivity contribution in [2.45, 2.75) is 50.1 Å². The van der Waals surface area contributed by atoms with Gasteiger partial charge in [-0.05, 0) is 12.8 Å². The van der Waals surface area contributed by atoms with Crippen LogP contribution in [0.5, 0.6) is 0 Å². The molecule has 2 fully saturated rings. The number of hydrogen-bond acceptors (Lipinski definition) is 3. The molecule has 0 spiro atoms. The number of hydrogen-bond donors (Lipinski definition) is 4. The van der Waals surface area contributed by atoms with E-state index in [9.17, 15) is 14.4 Å². The molecule has 106 valence electrons. The summed E-state index contributed by atoms with van der Waals surface area (Å²) in [5.74, 6) is -0.980. The summed E-state index contributed by atoms with van der Waals surface area (Å²) < 4.78 is 0. The summed E-state index contributed by atoms with van der Waals surface area (Å²) in [7, 11) is 0. The molecule has 1 saturated carbocycles. The Bertz CT molecular complexity index is 390. The Balaban J connectivity index is 1.88. The second-order valence-corrected chi connectivity index (χ2v) is 5.36. The zero-order valence-electron chi connectivity index (χ0n) is 10.7. The third-order valence-corrected chi connectivity index (χ3v) is 3.74. The lowest BCUT2D eigenvalue weighted by Crippen LogP contribution is -2.53. The molecule has 7 heteroatoms. The Labute approximate surface area is 111 Å². The van der Waals surface area contributed by atoms with Gasteiger partial charge in [-0.3, -0.25) is 9.59 Å². The van der Waals surface area contributed by atoms with Crippen LogP contribution in [0.3, 0.4) is 0 Å². The molecule has 3 amide bonds. The van der Waals surface area contributed by atoms with Crippen LogP contribution in [0.15, 0.2) is 0 Å². The van der Waals surface area contributed by atoms with E-state index < -0.39 is 11.5 Å². The summed E-state index contributed by atoms with van der Waals surface area (Å²) in [4.78, 5) is 33.8. The van der Waals surface area contributed by atoms with Crippen LogP contribution in [0.1, 0.15) is 38.5 Å². The van der Waals surface area contributed by atoms with Crippen LogP contribution in [0.25, 0.3) is 0 Å². The number of carboxylic acid groups (broad SMARTS) is 1. The predicted octanol–water partition coefficient (Wildman–Crippen LogP) is -0.0384. The minimum absolute atomic E-state index is 0.0533. The molecular formula is C12H19N3O4. The van der Waals surface area contributed by atoms with Crippen molar-refractivity contribution < 1.29 is 19.5 Å². The molecular weight excluding hydrogens is 250 g/mol. The second kappa shape index (κ2) is 5.46. The molecule has 7 nitrogen and oxygen atoms in total. The van der Waals surface area contributed by atoms with Crippen molar-refractivity contribution in [3.8, 4) is 0 Å². The van der Waals surface area contributed by atoms with Gasteiger partial charge in [0, 0.05) is 13.0 Å². The highest BCUT2D eigenvalue weighted by Gasteiger charge is 2.38. The fraction of sp³-hybridized carbons (Fsp3) is 0.750. The van der Waals surface area contributed by atoms with Crippen LogP contribution < -0.4 is 16.0 Å². The van der Waals surface area contributed by atoms with Crippen LogP contribution in [0, 0.1) is 0 Å². The Morgan fingerprint density at radius 2 is 2.05 bits per heavy atom. The molecule has 0 aromatic carbocycles. The first-order valence-electron chi connectivity index (χ1n) is 6.56. The van der Waals surface area contributed by atoms with Gasteiger partial charge in [0.1, 0.15) is 0 Å². The fourth-order valence-electron chi connectivity index (χ4n) is 2.86. The fourth-order valence-corrected chi connectivity index (χ4v) is 2.86. The summed E-state index contributed by atoms with van der Waals surface area (Å²) in [5.41, 5.74) is -0.633. The summed E-state index contributed by atoms with van der Waals surface area (Å²) >= 11 is 0. The van der Waals surface area contributed by atoms with Gasteiger partial charge >= 0.3 is 12.0 Å². The number of carbonyl (C=O) groups excluding carboxylic acids is 2. The van der Waals surface area contributed by atoms with E-state index in [1.54, 1.807) is 0 Å². The lowest BCUT2D eigenvalue weighted by atomic mass is 9.93. The van der Waals surface area contributed by atoms with E-state index in [0.29, 0.717) is 19.4 Å². The van der Waals surface area contributed by atoms with Gasteiger partial charge in [0.15, 0.2) is 0 Å². The largest absolute Gasteiger partial charge is 0.481 e. The molecule has 1 heterocycles. The minimum Gasteiger partial charge on any atom is -0.481 e. The maximum atomic E-state index is 11.9. The Morgan fingerprint density at radius 1 is 1.37 bits per heavy atom. The highest BCUT2D eigenvalue weighted by molar-refractivity contribution is 5.82. The van der Waals surface area contributed by atoms with E-state index in [-0.39, 0.29) is 30.8 Å². The van der Waals surface area contributed by atoms with E-state index in [4.69, 9.17) is 5.11 Å². The number of amides is 3. The van der Waals surface area contributed by atoms with Crippen LogP contribution in [-0.2, 0) is 9.59 Å². The molecule has 4 N–H and O–H groups in total. The highest BCUT2D eigenvalue weighted by Crippen LogP contribution is 2.32. The lowest BCUT2D eigenvalue weighted by Gasteiger charge is -2.29. The molecule has 1 saturated heterocycles. The van der Waals surface area contributed by atoms with Gasteiger partial charge in [0.2, 0.25) is 5.91 Å². The quantitative estimate of drug-likeness (QED) is 0.574. The minimum atomic E-state index is -0.903. The van der Waals surface area contributed by atoms with Crippen molar-refractivity contribution in [1.82, 2.24) is 16.0 Å². The van der Waals surface area contributed by atoms with E-state index in [0.717, 1.165) is 12.8 Å². The van der Waals surface area contributed by atoms with E-state index >= 15 is 0 Å². The predicted molar refractivity (Wildman–Crippen MR) is 66.5 cm³/mol. The first kappa shape index (κ1) is 13.6.